The van der Waals surface area contributed by atoms with Gasteiger partial charge in [-0.25, -0.2) is 27.5 Å². The Morgan fingerprint density at radius 2 is 2.12 bits per heavy atom. The van der Waals surface area contributed by atoms with Gasteiger partial charge in [-0.15, -0.1) is 0 Å². The molecule has 1 amide bonds. The number of halogens is 4. The molecular weight excluding hydrogens is 444 g/mol. The number of benzene rings is 1. The fourth-order valence-corrected chi connectivity index (χ4v) is 2.97. The number of amidine groups is 1. The molecule has 1 aliphatic rings. The monoisotopic (exact) mass is 466 g/mol. The lowest BCUT2D eigenvalue weighted by atomic mass is 9.99. The van der Waals surface area contributed by atoms with E-state index in [1.807, 2.05) is 0 Å². The van der Waals surface area contributed by atoms with E-state index >= 15 is 0 Å². The van der Waals surface area contributed by atoms with Gasteiger partial charge in [0.2, 0.25) is 0 Å². The van der Waals surface area contributed by atoms with Crippen molar-refractivity contribution in [3.63, 3.8) is 0 Å². The fraction of sp³-hybridized carbons (Fsp3) is 0.333. The van der Waals surface area contributed by atoms with Gasteiger partial charge in [-0.05, 0) is 42.7 Å². The predicted octanol–water partition coefficient (Wildman–Crippen LogP) is 4.25. The van der Waals surface area contributed by atoms with Gasteiger partial charge in [0.15, 0.2) is 11.5 Å². The molecule has 1 aliphatic carbocycles. The molecule has 12 heteroatoms. The van der Waals surface area contributed by atoms with Crippen molar-refractivity contribution in [1.82, 2.24) is 9.97 Å². The summed E-state index contributed by atoms with van der Waals surface area (Å²) < 4.78 is 58.2. The Labute approximate surface area is 186 Å². The van der Waals surface area contributed by atoms with Gasteiger partial charge in [-0.1, -0.05) is 6.92 Å². The highest BCUT2D eigenvalue weighted by atomic mass is 19.3. The third-order valence-electron chi connectivity index (χ3n) is 4.70. The topological polar surface area (TPSA) is 126 Å². The van der Waals surface area contributed by atoms with Crippen LogP contribution in [0.2, 0.25) is 0 Å². The number of anilines is 2. The molecule has 8 nitrogen and oxygen atoms in total. The summed E-state index contributed by atoms with van der Waals surface area (Å²) in [6.07, 6.45) is 0.890. The Hall–Kier alpha value is -3.70. The largest absolute Gasteiger partial charge is 0.428 e. The number of carbonyl (C=O) groups excluding carboxylic acids is 1. The smallest absolute Gasteiger partial charge is 0.284 e. The van der Waals surface area contributed by atoms with Crippen molar-refractivity contribution in [2.75, 3.05) is 17.3 Å². The Bertz CT molecular complexity index is 1070. The molecule has 176 valence electrons. The fourth-order valence-electron chi connectivity index (χ4n) is 2.97. The Kier molecular flexibility index (Phi) is 7.46. The lowest BCUT2D eigenvalue weighted by Crippen LogP contribution is -2.19. The maximum atomic E-state index is 14.4. The summed E-state index contributed by atoms with van der Waals surface area (Å²) in [4.78, 5) is 20.4. The van der Waals surface area contributed by atoms with Gasteiger partial charge in [0, 0.05) is 17.6 Å². The summed E-state index contributed by atoms with van der Waals surface area (Å²) in [5.74, 6) is -2.34. The summed E-state index contributed by atoms with van der Waals surface area (Å²) >= 11 is 0. The summed E-state index contributed by atoms with van der Waals surface area (Å²) in [7, 11) is 0. The normalized spacial score (nSPS) is 14.7. The molecule has 0 saturated heterocycles. The molecule has 1 fully saturated rings. The first-order chi connectivity index (χ1) is 15.7. The van der Waals surface area contributed by atoms with Crippen molar-refractivity contribution in [3.8, 4) is 0 Å². The number of amides is 1. The van der Waals surface area contributed by atoms with Crippen molar-refractivity contribution in [3.05, 3.63) is 59.0 Å². The zero-order valence-corrected chi connectivity index (χ0v) is 17.5. The average Bonchev–Trinajstić information content (AvgIpc) is 3.58. The van der Waals surface area contributed by atoms with Gasteiger partial charge < -0.3 is 21.1 Å². The quantitative estimate of drug-likeness (QED) is 0.190. The molecule has 5 N–H and O–H groups in total. The zero-order chi connectivity index (χ0) is 24.1. The number of alkyl halides is 3. The van der Waals surface area contributed by atoms with E-state index in [0.717, 1.165) is 25.1 Å². The van der Waals surface area contributed by atoms with Crippen molar-refractivity contribution in [2.45, 2.75) is 38.2 Å². The van der Waals surface area contributed by atoms with Crippen LogP contribution in [0.15, 0.2) is 36.2 Å². The number of allylic oxidation sites excluding steroid dienone is 2. The highest BCUT2D eigenvalue weighted by Gasteiger charge is 2.26. The molecule has 0 aliphatic heterocycles. The summed E-state index contributed by atoms with van der Waals surface area (Å²) in [6.45, 7) is 0.515. The molecule has 1 aromatic carbocycles. The van der Waals surface area contributed by atoms with Crippen LogP contribution in [0.4, 0.5) is 29.1 Å². The van der Waals surface area contributed by atoms with Crippen LogP contribution in [0.3, 0.4) is 0 Å². The molecule has 1 heterocycles. The van der Waals surface area contributed by atoms with E-state index in [-0.39, 0.29) is 34.6 Å². The molecule has 1 aromatic heterocycles. The van der Waals surface area contributed by atoms with Crippen molar-refractivity contribution >= 4 is 23.4 Å². The Morgan fingerprint density at radius 1 is 1.39 bits per heavy atom. The third kappa shape index (κ3) is 6.40. The van der Waals surface area contributed by atoms with E-state index in [2.05, 4.69) is 20.6 Å². The highest BCUT2D eigenvalue weighted by molar-refractivity contribution is 6.06. The molecule has 33 heavy (non-hydrogen) atoms. The molecule has 2 aromatic rings. The van der Waals surface area contributed by atoms with E-state index in [9.17, 15) is 22.4 Å². The van der Waals surface area contributed by atoms with Crippen molar-refractivity contribution in [2.24, 2.45) is 5.73 Å². The lowest BCUT2D eigenvalue weighted by Gasteiger charge is -2.14. The van der Waals surface area contributed by atoms with Gasteiger partial charge >= 0.3 is 0 Å². The average molecular weight is 466 g/mol. The predicted molar refractivity (Wildman–Crippen MR) is 113 cm³/mol. The zero-order valence-electron chi connectivity index (χ0n) is 17.5. The molecule has 3 rings (SSSR count). The summed E-state index contributed by atoms with van der Waals surface area (Å²) in [5, 5.41) is 12.5. The Morgan fingerprint density at radius 3 is 2.73 bits per heavy atom. The number of nitrogens with zero attached hydrogens (tertiary/aromatic N) is 2. The van der Waals surface area contributed by atoms with Gasteiger partial charge in [-0.2, -0.15) is 0 Å². The second-order valence-electron chi connectivity index (χ2n) is 7.42. The van der Waals surface area contributed by atoms with E-state index in [0.29, 0.717) is 0 Å². The van der Waals surface area contributed by atoms with E-state index in [1.54, 1.807) is 6.92 Å². The van der Waals surface area contributed by atoms with Crippen LogP contribution in [0.25, 0.3) is 0 Å². The number of ether oxygens (including phenoxy) is 1. The minimum absolute atomic E-state index is 0.0331. The Balaban J connectivity index is 1.83. The van der Waals surface area contributed by atoms with Crippen LogP contribution in [0.5, 0.6) is 0 Å². The molecule has 1 saturated carbocycles. The number of rotatable bonds is 9. The van der Waals surface area contributed by atoms with Crippen LogP contribution < -0.4 is 16.4 Å². The SMILES string of the molecule is C[C@H](/C=C(/CF)OC(=N)N)c1cc(NC(=O)c2ncc(C(F)F)nc2NC2CC2)ccc1F. The molecule has 0 unspecified atom stereocenters. The van der Waals surface area contributed by atoms with Crippen LogP contribution in [-0.2, 0) is 4.74 Å². The van der Waals surface area contributed by atoms with Crippen LogP contribution in [0, 0.1) is 11.2 Å². The number of nitrogens with two attached hydrogens (primary N) is 1. The number of nitrogens with one attached hydrogen (secondary N) is 3. The first-order valence-electron chi connectivity index (χ1n) is 9.98. The maximum absolute atomic E-state index is 14.4. The minimum atomic E-state index is -2.84. The van der Waals surface area contributed by atoms with E-state index < -0.39 is 42.5 Å². The first kappa shape index (κ1) is 24.0. The van der Waals surface area contributed by atoms with Crippen LogP contribution in [0.1, 0.15) is 53.9 Å². The molecule has 1 atom stereocenters. The second-order valence-corrected chi connectivity index (χ2v) is 7.42. The first-order valence-corrected chi connectivity index (χ1v) is 9.98. The number of hydrogen-bond acceptors (Lipinski definition) is 6. The van der Waals surface area contributed by atoms with Crippen LogP contribution in [-0.4, -0.2) is 34.6 Å². The van der Waals surface area contributed by atoms with Crippen LogP contribution >= 0.6 is 0 Å². The second kappa shape index (κ2) is 10.3. The number of carbonyl (C=O) groups is 1. The number of aromatic nitrogens is 2. The molecular formula is C21H22F4N6O2. The third-order valence-corrected chi connectivity index (χ3v) is 4.70. The molecule has 0 bridgehead atoms. The van der Waals surface area contributed by atoms with Gasteiger partial charge in [0.1, 0.15) is 23.9 Å². The van der Waals surface area contributed by atoms with E-state index in [1.165, 1.54) is 18.2 Å². The standard InChI is InChI=1S/C21H22F4N6O2/c1-10(6-13(8-22)33-21(26)27)14-7-12(4-5-15(14)23)30-20(32)17-19(29-11-2-3-11)31-16(9-28-17)18(24)25/h4-7,9-11,18H,2-3,8H2,1H3,(H3,26,27)(H,29,31)(H,30,32)/b13-6-/t10-/m1/s1. The summed E-state index contributed by atoms with van der Waals surface area (Å²) in [5.41, 5.74) is 4.66. The maximum Gasteiger partial charge on any atom is 0.284 e. The van der Waals surface area contributed by atoms with Gasteiger partial charge in [0.05, 0.1) is 6.20 Å². The van der Waals surface area contributed by atoms with E-state index in [4.69, 9.17) is 15.9 Å². The van der Waals surface area contributed by atoms with Crippen molar-refractivity contribution < 1.29 is 27.1 Å². The number of hydrogen-bond donors (Lipinski definition) is 4. The van der Waals surface area contributed by atoms with Gasteiger partial charge in [0.25, 0.3) is 18.4 Å². The summed E-state index contributed by atoms with van der Waals surface area (Å²) in [6, 6.07) is 3.09. The van der Waals surface area contributed by atoms with Crippen molar-refractivity contribution in [1.29, 1.82) is 5.41 Å². The highest BCUT2D eigenvalue weighted by Crippen LogP contribution is 2.28. The lowest BCUT2D eigenvalue weighted by molar-refractivity contribution is 0.102. The molecule has 0 radical (unpaired) electrons. The van der Waals surface area contributed by atoms with Gasteiger partial charge in [-0.3, -0.25) is 10.2 Å². The molecule has 0 spiro atoms. The minimum Gasteiger partial charge on any atom is -0.428 e.